The van der Waals surface area contributed by atoms with Crippen LogP contribution >= 0.6 is 0 Å². The van der Waals surface area contributed by atoms with Crippen LogP contribution in [0, 0.1) is 0 Å². The summed E-state index contributed by atoms with van der Waals surface area (Å²) >= 11 is 0. The molecule has 6 heteroatoms. The summed E-state index contributed by atoms with van der Waals surface area (Å²) in [6.45, 7) is 1.19. The van der Waals surface area contributed by atoms with Gasteiger partial charge in [0.05, 0.1) is 13.2 Å². The summed E-state index contributed by atoms with van der Waals surface area (Å²) in [7, 11) is 0. The van der Waals surface area contributed by atoms with Crippen LogP contribution in [0.2, 0.25) is 0 Å². The highest BCUT2D eigenvalue weighted by molar-refractivity contribution is 5.84. The van der Waals surface area contributed by atoms with Gasteiger partial charge in [0.1, 0.15) is 0 Å². The first-order chi connectivity index (χ1) is 9.42. The molecule has 0 radical (unpaired) electrons. The second-order valence-corrected chi connectivity index (χ2v) is 5.00. The van der Waals surface area contributed by atoms with E-state index in [4.69, 9.17) is 9.84 Å². The fraction of sp³-hybridized carbons (Fsp3) is 0.429. The number of benzene rings is 1. The van der Waals surface area contributed by atoms with Gasteiger partial charge in [-0.2, -0.15) is 0 Å². The Bertz CT molecular complexity index is 526. The molecule has 0 bridgehead atoms. The maximum absolute atomic E-state index is 12.1. The number of nitrogens with one attached hydrogen (secondary N) is 1. The van der Waals surface area contributed by atoms with E-state index in [9.17, 15) is 14.7 Å². The molecule has 6 nitrogen and oxygen atoms in total. The molecule has 1 aliphatic rings. The van der Waals surface area contributed by atoms with Crippen molar-refractivity contribution in [2.45, 2.75) is 25.0 Å². The number of rotatable bonds is 4. The molecule has 2 unspecified atom stereocenters. The maximum Gasteiger partial charge on any atom is 0.337 e. The van der Waals surface area contributed by atoms with Gasteiger partial charge in [-0.3, -0.25) is 4.79 Å². The summed E-state index contributed by atoms with van der Waals surface area (Å²) in [6, 6.07) is 7.47. The molecule has 0 saturated heterocycles. The van der Waals surface area contributed by atoms with E-state index in [0.29, 0.717) is 6.61 Å². The number of ether oxygens (including phenoxy) is 1. The van der Waals surface area contributed by atoms with Crippen molar-refractivity contribution < 1.29 is 24.5 Å². The highest BCUT2D eigenvalue weighted by atomic mass is 16.5. The van der Waals surface area contributed by atoms with Gasteiger partial charge < -0.3 is 20.3 Å². The number of amides is 1. The van der Waals surface area contributed by atoms with E-state index in [2.05, 4.69) is 5.32 Å². The average molecular weight is 279 g/mol. The third-order valence-corrected chi connectivity index (χ3v) is 3.30. The van der Waals surface area contributed by atoms with E-state index < -0.39 is 23.6 Å². The zero-order valence-corrected chi connectivity index (χ0v) is 11.1. The number of hydrogen-bond acceptors (Lipinski definition) is 4. The summed E-state index contributed by atoms with van der Waals surface area (Å²) in [5.41, 5.74) is -0.167. The molecule has 2 atom stereocenters. The van der Waals surface area contributed by atoms with E-state index in [1.807, 2.05) is 24.3 Å². The zero-order valence-electron chi connectivity index (χ0n) is 11.1. The van der Waals surface area contributed by atoms with Crippen molar-refractivity contribution in [3.63, 3.8) is 0 Å². The number of aliphatic hydroxyl groups is 1. The minimum atomic E-state index is -2.00. The molecule has 2 rings (SSSR count). The second-order valence-electron chi connectivity index (χ2n) is 5.00. The predicted octanol–water partition coefficient (Wildman–Crippen LogP) is 0.252. The normalized spacial score (nSPS) is 20.6. The van der Waals surface area contributed by atoms with Crippen molar-refractivity contribution in [3.05, 3.63) is 35.4 Å². The Morgan fingerprint density at radius 1 is 1.45 bits per heavy atom. The molecule has 3 N–H and O–H groups in total. The maximum atomic E-state index is 12.1. The fourth-order valence-electron chi connectivity index (χ4n) is 2.04. The lowest BCUT2D eigenvalue weighted by molar-refractivity contribution is -0.156. The van der Waals surface area contributed by atoms with Gasteiger partial charge >= 0.3 is 5.97 Å². The minimum absolute atomic E-state index is 0.372. The van der Waals surface area contributed by atoms with Crippen LogP contribution in [0.15, 0.2) is 24.3 Å². The smallest absolute Gasteiger partial charge is 0.337 e. The van der Waals surface area contributed by atoms with Gasteiger partial charge in [-0.1, -0.05) is 24.3 Å². The second kappa shape index (κ2) is 5.60. The molecule has 0 spiro atoms. The van der Waals surface area contributed by atoms with Crippen molar-refractivity contribution in [2.24, 2.45) is 0 Å². The van der Waals surface area contributed by atoms with Crippen LogP contribution in [0.3, 0.4) is 0 Å². The van der Waals surface area contributed by atoms with Gasteiger partial charge in [0.2, 0.25) is 0 Å². The molecule has 1 aromatic rings. The van der Waals surface area contributed by atoms with E-state index in [-0.39, 0.29) is 6.54 Å². The average Bonchev–Trinajstić information content (AvgIpc) is 2.44. The Morgan fingerprint density at radius 2 is 2.15 bits per heavy atom. The SMILES string of the molecule is CC(O)(CNC(=O)C1OCCc2ccccc21)C(=O)O. The first-order valence-corrected chi connectivity index (χ1v) is 6.35. The molecule has 1 heterocycles. The van der Waals surface area contributed by atoms with E-state index in [0.717, 1.165) is 24.5 Å². The first-order valence-electron chi connectivity index (χ1n) is 6.35. The van der Waals surface area contributed by atoms with Gasteiger partial charge in [0, 0.05) is 0 Å². The Morgan fingerprint density at radius 3 is 2.85 bits per heavy atom. The van der Waals surface area contributed by atoms with Crippen molar-refractivity contribution in [3.8, 4) is 0 Å². The number of carbonyl (C=O) groups is 2. The number of hydrogen-bond donors (Lipinski definition) is 3. The molecule has 1 aromatic carbocycles. The highest BCUT2D eigenvalue weighted by Crippen LogP contribution is 2.26. The van der Waals surface area contributed by atoms with Crippen molar-refractivity contribution in [2.75, 3.05) is 13.2 Å². The predicted molar refractivity (Wildman–Crippen MR) is 70.1 cm³/mol. The highest BCUT2D eigenvalue weighted by Gasteiger charge is 2.33. The third kappa shape index (κ3) is 2.97. The summed E-state index contributed by atoms with van der Waals surface area (Å²) < 4.78 is 5.45. The largest absolute Gasteiger partial charge is 0.479 e. The van der Waals surface area contributed by atoms with Crippen molar-refractivity contribution in [1.82, 2.24) is 5.32 Å². The molecule has 0 aromatic heterocycles. The Kier molecular flexibility index (Phi) is 4.06. The summed E-state index contributed by atoms with van der Waals surface area (Å²) in [5, 5.41) is 20.8. The Labute approximate surface area is 116 Å². The summed E-state index contributed by atoms with van der Waals surface area (Å²) in [6.07, 6.45) is -0.0168. The number of carboxylic acids is 1. The van der Waals surface area contributed by atoms with Crippen LogP contribution < -0.4 is 5.32 Å². The van der Waals surface area contributed by atoms with Gasteiger partial charge in [0.25, 0.3) is 5.91 Å². The molecule has 0 fully saturated rings. The first kappa shape index (κ1) is 14.5. The molecule has 0 saturated carbocycles. The van der Waals surface area contributed by atoms with Crippen LogP contribution in [0.4, 0.5) is 0 Å². The van der Waals surface area contributed by atoms with Crippen LogP contribution in [0.1, 0.15) is 24.2 Å². The van der Waals surface area contributed by atoms with Crippen LogP contribution in [-0.2, 0) is 20.7 Å². The van der Waals surface area contributed by atoms with E-state index in [1.54, 1.807) is 0 Å². The number of fused-ring (bicyclic) bond motifs is 1. The van der Waals surface area contributed by atoms with E-state index >= 15 is 0 Å². The van der Waals surface area contributed by atoms with Gasteiger partial charge in [0.15, 0.2) is 11.7 Å². The molecule has 108 valence electrons. The van der Waals surface area contributed by atoms with Crippen LogP contribution in [0.25, 0.3) is 0 Å². The van der Waals surface area contributed by atoms with Gasteiger partial charge in [-0.05, 0) is 24.5 Å². The van der Waals surface area contributed by atoms with Crippen molar-refractivity contribution >= 4 is 11.9 Å². The number of aliphatic carboxylic acids is 1. The quantitative estimate of drug-likeness (QED) is 0.734. The molecular weight excluding hydrogens is 262 g/mol. The molecule has 20 heavy (non-hydrogen) atoms. The summed E-state index contributed by atoms with van der Waals surface area (Å²) in [5.74, 6) is -1.83. The Hall–Kier alpha value is -1.92. The third-order valence-electron chi connectivity index (χ3n) is 3.30. The van der Waals surface area contributed by atoms with Gasteiger partial charge in [-0.15, -0.1) is 0 Å². The monoisotopic (exact) mass is 279 g/mol. The molecule has 1 aliphatic heterocycles. The molecule has 1 amide bonds. The lowest BCUT2D eigenvalue weighted by Gasteiger charge is -2.26. The summed E-state index contributed by atoms with van der Waals surface area (Å²) in [4.78, 5) is 22.9. The number of carbonyl (C=O) groups excluding carboxylic acids is 1. The topological polar surface area (TPSA) is 95.9 Å². The zero-order chi connectivity index (χ0) is 14.8. The number of carboxylic acid groups (broad SMARTS) is 1. The molecular formula is C14H17NO5. The Balaban J connectivity index is 2.06. The van der Waals surface area contributed by atoms with Crippen LogP contribution in [-0.4, -0.2) is 40.8 Å². The van der Waals surface area contributed by atoms with E-state index in [1.165, 1.54) is 0 Å². The minimum Gasteiger partial charge on any atom is -0.479 e. The van der Waals surface area contributed by atoms with Gasteiger partial charge in [-0.25, -0.2) is 4.79 Å². The lowest BCUT2D eigenvalue weighted by Crippen LogP contribution is -2.48. The molecule has 0 aliphatic carbocycles. The van der Waals surface area contributed by atoms with Crippen LogP contribution in [0.5, 0.6) is 0 Å². The lowest BCUT2D eigenvalue weighted by atomic mass is 9.97. The standard InChI is InChI=1S/C14H17NO5/c1-14(19,13(17)18)8-15-12(16)11-10-5-3-2-4-9(10)6-7-20-11/h2-5,11,19H,6-8H2,1H3,(H,15,16)(H,17,18). The van der Waals surface area contributed by atoms with Crippen molar-refractivity contribution in [1.29, 1.82) is 0 Å². The fourth-order valence-corrected chi connectivity index (χ4v) is 2.04.